The van der Waals surface area contributed by atoms with Gasteiger partial charge >= 0.3 is 0 Å². The normalized spacial score (nSPS) is 13.5. The second-order valence-corrected chi connectivity index (χ2v) is 4.99. The first kappa shape index (κ1) is 16.0. The largest absolute Gasteiger partial charge is 0.203 e. The van der Waals surface area contributed by atoms with Crippen LogP contribution in [0, 0.1) is 13.8 Å². The molecule has 0 saturated carbocycles. The van der Waals surface area contributed by atoms with Gasteiger partial charge in [0.1, 0.15) is 0 Å². The van der Waals surface area contributed by atoms with E-state index >= 15 is 0 Å². The Labute approximate surface area is 126 Å². The van der Waals surface area contributed by atoms with E-state index in [0.717, 1.165) is 11.1 Å². The van der Waals surface area contributed by atoms with Gasteiger partial charge in [0, 0.05) is 11.1 Å². The van der Waals surface area contributed by atoms with Crippen LogP contribution in [0.3, 0.4) is 0 Å². The second kappa shape index (κ2) is 6.60. The van der Waals surface area contributed by atoms with Gasteiger partial charge in [0.25, 0.3) is 0 Å². The van der Waals surface area contributed by atoms with Crippen LogP contribution in [0.4, 0.5) is 17.6 Å². The van der Waals surface area contributed by atoms with Crippen molar-refractivity contribution < 1.29 is 17.6 Å². The molecule has 0 nitrogen and oxygen atoms in total. The molecule has 2 aromatic rings. The van der Waals surface area contributed by atoms with Crippen molar-refractivity contribution in [2.24, 2.45) is 0 Å². The van der Waals surface area contributed by atoms with Crippen molar-refractivity contribution in [1.29, 1.82) is 0 Å². The lowest BCUT2D eigenvalue weighted by molar-refractivity contribution is 0.519. The fourth-order valence-corrected chi connectivity index (χ4v) is 1.85. The van der Waals surface area contributed by atoms with Crippen LogP contribution in [0.2, 0.25) is 0 Å². The molecule has 0 bridgehead atoms. The van der Waals surface area contributed by atoms with Crippen LogP contribution < -0.4 is 0 Å². The lowest BCUT2D eigenvalue weighted by atomic mass is 10.1. The summed E-state index contributed by atoms with van der Waals surface area (Å²) in [5.74, 6) is -6.55. The van der Waals surface area contributed by atoms with E-state index in [-0.39, 0.29) is 11.1 Å². The number of rotatable bonds is 3. The Hall–Kier alpha value is -2.36. The van der Waals surface area contributed by atoms with Crippen LogP contribution >= 0.6 is 0 Å². The van der Waals surface area contributed by atoms with Gasteiger partial charge in [-0.15, -0.1) is 0 Å². The zero-order valence-corrected chi connectivity index (χ0v) is 12.1. The van der Waals surface area contributed by atoms with Crippen molar-refractivity contribution in [2.75, 3.05) is 0 Å². The maximum Gasteiger partial charge on any atom is 0.198 e. The van der Waals surface area contributed by atoms with Crippen LogP contribution in [-0.2, 0) is 0 Å². The van der Waals surface area contributed by atoms with Crippen molar-refractivity contribution >= 4 is 11.7 Å². The van der Waals surface area contributed by atoms with Crippen LogP contribution in [-0.4, -0.2) is 0 Å². The molecule has 2 aromatic carbocycles. The van der Waals surface area contributed by atoms with E-state index < -0.39 is 23.3 Å². The zero-order valence-electron chi connectivity index (χ0n) is 12.1. The number of aryl methyl sites for hydroxylation is 2. The standard InChI is InChI=1S/C18H14F4/c1-11-3-7-13(8-4-11)15(19)17(21)18(22)16(20)14-9-5-12(2)6-10-14/h3-10H,1-2H3. The molecule has 114 valence electrons. The van der Waals surface area contributed by atoms with Gasteiger partial charge in [-0.05, 0) is 13.8 Å². The summed E-state index contributed by atoms with van der Waals surface area (Å²) in [7, 11) is 0. The maximum atomic E-state index is 13.9. The predicted octanol–water partition coefficient (Wildman–Crippen LogP) is 6.22. The molecule has 0 atom stereocenters. The molecule has 4 heteroatoms. The molecule has 0 amide bonds. The zero-order chi connectivity index (χ0) is 16.3. The van der Waals surface area contributed by atoms with E-state index in [9.17, 15) is 17.6 Å². The molecule has 22 heavy (non-hydrogen) atoms. The van der Waals surface area contributed by atoms with Crippen molar-refractivity contribution in [3.63, 3.8) is 0 Å². The van der Waals surface area contributed by atoms with Gasteiger partial charge in [-0.25, -0.2) is 17.6 Å². The molecule has 0 N–H and O–H groups in total. The number of halogens is 4. The van der Waals surface area contributed by atoms with E-state index in [1.807, 2.05) is 0 Å². The van der Waals surface area contributed by atoms with Gasteiger partial charge in [-0.1, -0.05) is 59.7 Å². The Morgan fingerprint density at radius 2 is 0.818 bits per heavy atom. The summed E-state index contributed by atoms with van der Waals surface area (Å²) in [5.41, 5.74) is 1.41. The third kappa shape index (κ3) is 3.45. The summed E-state index contributed by atoms with van der Waals surface area (Å²) >= 11 is 0. The molecule has 0 spiro atoms. The molecular formula is C18H14F4. The molecule has 0 fully saturated rings. The van der Waals surface area contributed by atoms with E-state index in [1.165, 1.54) is 24.3 Å². The molecule has 0 heterocycles. The first-order valence-corrected chi connectivity index (χ1v) is 6.65. The molecule has 2 rings (SSSR count). The summed E-state index contributed by atoms with van der Waals surface area (Å²) in [4.78, 5) is 0. The van der Waals surface area contributed by atoms with Crippen molar-refractivity contribution in [3.05, 3.63) is 82.4 Å². The highest BCUT2D eigenvalue weighted by molar-refractivity contribution is 5.71. The second-order valence-electron chi connectivity index (χ2n) is 4.99. The number of allylic oxidation sites excluding steroid dienone is 2. The van der Waals surface area contributed by atoms with Crippen molar-refractivity contribution in [2.45, 2.75) is 13.8 Å². The third-order valence-electron chi connectivity index (χ3n) is 3.19. The monoisotopic (exact) mass is 306 g/mol. The number of hydrogen-bond donors (Lipinski definition) is 0. The fourth-order valence-electron chi connectivity index (χ4n) is 1.85. The Morgan fingerprint density at radius 1 is 0.545 bits per heavy atom. The predicted molar refractivity (Wildman–Crippen MR) is 80.6 cm³/mol. The molecule has 0 unspecified atom stereocenters. The minimum absolute atomic E-state index is 0.144. The van der Waals surface area contributed by atoms with Gasteiger partial charge in [-0.2, -0.15) is 0 Å². The number of hydrogen-bond acceptors (Lipinski definition) is 0. The van der Waals surface area contributed by atoms with Crippen molar-refractivity contribution in [1.82, 2.24) is 0 Å². The highest BCUT2D eigenvalue weighted by atomic mass is 19.2. The summed E-state index contributed by atoms with van der Waals surface area (Å²) in [5, 5.41) is 0. The Morgan fingerprint density at radius 3 is 1.09 bits per heavy atom. The molecule has 0 aliphatic carbocycles. The summed E-state index contributed by atoms with van der Waals surface area (Å²) < 4.78 is 55.5. The average Bonchev–Trinajstić information content (AvgIpc) is 2.53. The number of benzene rings is 2. The summed E-state index contributed by atoms with van der Waals surface area (Å²) in [6.45, 7) is 3.55. The van der Waals surface area contributed by atoms with Crippen LogP contribution in [0.25, 0.3) is 11.7 Å². The Bertz CT molecular complexity index is 657. The Balaban J connectivity index is 2.43. The molecule has 0 radical (unpaired) electrons. The minimum atomic E-state index is -1.85. The van der Waals surface area contributed by atoms with E-state index in [1.54, 1.807) is 38.1 Å². The highest BCUT2D eigenvalue weighted by Crippen LogP contribution is 2.32. The SMILES string of the molecule is Cc1ccc(C(F)=C(F)C(F)=C(F)c2ccc(C)cc2)cc1. The van der Waals surface area contributed by atoms with E-state index in [4.69, 9.17) is 0 Å². The van der Waals surface area contributed by atoms with Crippen molar-refractivity contribution in [3.8, 4) is 0 Å². The highest BCUT2D eigenvalue weighted by Gasteiger charge is 2.19. The third-order valence-corrected chi connectivity index (χ3v) is 3.19. The van der Waals surface area contributed by atoms with E-state index in [0.29, 0.717) is 0 Å². The van der Waals surface area contributed by atoms with Crippen LogP contribution in [0.5, 0.6) is 0 Å². The lowest BCUT2D eigenvalue weighted by Crippen LogP contribution is -1.89. The van der Waals surface area contributed by atoms with Crippen LogP contribution in [0.15, 0.2) is 60.2 Å². The lowest BCUT2D eigenvalue weighted by Gasteiger charge is -2.03. The minimum Gasteiger partial charge on any atom is -0.203 e. The van der Waals surface area contributed by atoms with E-state index in [2.05, 4.69) is 0 Å². The maximum absolute atomic E-state index is 13.9. The average molecular weight is 306 g/mol. The van der Waals surface area contributed by atoms with Gasteiger partial charge in [0.05, 0.1) is 0 Å². The Kier molecular flexibility index (Phi) is 4.81. The molecule has 0 saturated heterocycles. The first-order valence-electron chi connectivity index (χ1n) is 6.65. The smallest absolute Gasteiger partial charge is 0.198 e. The van der Waals surface area contributed by atoms with Gasteiger partial charge in [0.15, 0.2) is 23.3 Å². The topological polar surface area (TPSA) is 0 Å². The summed E-state index contributed by atoms with van der Waals surface area (Å²) in [6.07, 6.45) is 0. The molecule has 0 aromatic heterocycles. The molecule has 0 aliphatic heterocycles. The fraction of sp³-hybridized carbons (Fsp3) is 0.111. The quantitative estimate of drug-likeness (QED) is 0.466. The van der Waals surface area contributed by atoms with Gasteiger partial charge in [-0.3, -0.25) is 0 Å². The van der Waals surface area contributed by atoms with Gasteiger partial charge < -0.3 is 0 Å². The first-order chi connectivity index (χ1) is 10.4. The van der Waals surface area contributed by atoms with Gasteiger partial charge in [0.2, 0.25) is 0 Å². The molecule has 0 aliphatic rings. The van der Waals surface area contributed by atoms with Crippen LogP contribution in [0.1, 0.15) is 22.3 Å². The molecular weight excluding hydrogens is 292 g/mol. The summed E-state index contributed by atoms with van der Waals surface area (Å²) in [6, 6.07) is 11.5.